The van der Waals surface area contributed by atoms with Crippen LogP contribution >= 0.6 is 0 Å². The first-order valence-corrected chi connectivity index (χ1v) is 7.18. The van der Waals surface area contributed by atoms with Gasteiger partial charge in [-0.3, -0.25) is 0 Å². The van der Waals surface area contributed by atoms with Crippen LogP contribution in [0.1, 0.15) is 29.9 Å². The predicted molar refractivity (Wildman–Crippen MR) is 77.2 cm³/mol. The molecule has 100 valence electrons. The van der Waals surface area contributed by atoms with Gasteiger partial charge in [-0.1, -0.05) is 24.3 Å². The molecule has 1 aromatic heterocycles. The number of rotatable bonds is 7. The molecule has 1 unspecified atom stereocenters. The molecule has 19 heavy (non-hydrogen) atoms. The average molecular weight is 255 g/mol. The van der Waals surface area contributed by atoms with Gasteiger partial charge in [-0.05, 0) is 36.9 Å². The normalized spacial score (nSPS) is 16.9. The van der Waals surface area contributed by atoms with E-state index in [0.717, 1.165) is 25.6 Å². The van der Waals surface area contributed by atoms with Gasteiger partial charge in [0.05, 0.1) is 6.33 Å². The van der Waals surface area contributed by atoms with Crippen molar-refractivity contribution in [2.75, 3.05) is 13.1 Å². The summed E-state index contributed by atoms with van der Waals surface area (Å²) in [4.78, 5) is 4.05. The average Bonchev–Trinajstić information content (AvgIpc) is 2.91. The predicted octanol–water partition coefficient (Wildman–Crippen LogP) is 2.59. The molecule has 2 aromatic rings. The minimum Gasteiger partial charge on any atom is -0.337 e. The fourth-order valence-electron chi connectivity index (χ4n) is 2.78. The van der Waals surface area contributed by atoms with E-state index in [9.17, 15) is 0 Å². The summed E-state index contributed by atoms with van der Waals surface area (Å²) in [5, 5.41) is 3.58. The Hall–Kier alpha value is -1.61. The number of unbranched alkanes of at least 4 members (excludes halogenated alkanes) is 1. The number of hydrogen-bond acceptors (Lipinski definition) is 2. The molecule has 3 nitrogen and oxygen atoms in total. The summed E-state index contributed by atoms with van der Waals surface area (Å²) in [7, 11) is 0. The van der Waals surface area contributed by atoms with Crippen LogP contribution in [0, 0.1) is 0 Å². The zero-order valence-corrected chi connectivity index (χ0v) is 11.3. The van der Waals surface area contributed by atoms with Gasteiger partial charge >= 0.3 is 0 Å². The quantitative estimate of drug-likeness (QED) is 0.771. The van der Waals surface area contributed by atoms with Gasteiger partial charge in [0, 0.05) is 31.4 Å². The van der Waals surface area contributed by atoms with Gasteiger partial charge in [-0.15, -0.1) is 0 Å². The fraction of sp³-hybridized carbons (Fsp3) is 0.438. The summed E-state index contributed by atoms with van der Waals surface area (Å²) in [6, 6.07) is 8.80. The molecule has 0 aliphatic heterocycles. The van der Waals surface area contributed by atoms with Gasteiger partial charge in [-0.25, -0.2) is 4.98 Å². The van der Waals surface area contributed by atoms with E-state index in [1.54, 1.807) is 5.56 Å². The van der Waals surface area contributed by atoms with E-state index >= 15 is 0 Å². The van der Waals surface area contributed by atoms with Crippen molar-refractivity contribution in [2.45, 2.75) is 31.7 Å². The summed E-state index contributed by atoms with van der Waals surface area (Å²) in [6.45, 7) is 3.32. The first-order chi connectivity index (χ1) is 9.43. The molecule has 0 fully saturated rings. The highest BCUT2D eigenvalue weighted by Crippen LogP contribution is 2.33. The zero-order chi connectivity index (χ0) is 12.9. The molecule has 0 amide bonds. The lowest BCUT2D eigenvalue weighted by Crippen LogP contribution is -2.29. The van der Waals surface area contributed by atoms with Crippen LogP contribution in [0.5, 0.6) is 0 Å². The minimum atomic E-state index is 0.741. The highest BCUT2D eigenvalue weighted by Gasteiger charge is 2.24. The molecule has 0 spiro atoms. The molecule has 1 N–H and O–H groups in total. The summed E-state index contributed by atoms with van der Waals surface area (Å²) >= 11 is 0. The van der Waals surface area contributed by atoms with E-state index in [1.165, 1.54) is 24.8 Å². The first-order valence-electron chi connectivity index (χ1n) is 7.18. The second kappa shape index (κ2) is 6.02. The molecule has 1 aliphatic carbocycles. The number of aryl methyl sites for hydroxylation is 1. The van der Waals surface area contributed by atoms with Crippen LogP contribution < -0.4 is 5.32 Å². The fourth-order valence-corrected chi connectivity index (χ4v) is 2.78. The standard InChI is InChI=1S/C16H21N3/c1-2-6-16-14(5-1)11-15(16)12-17-7-3-4-9-19-10-8-18-13-19/h1-2,5-6,8,10,13,15,17H,3-4,7,9,11-12H2. The van der Waals surface area contributed by atoms with Crippen LogP contribution in [-0.4, -0.2) is 22.6 Å². The summed E-state index contributed by atoms with van der Waals surface area (Å²) in [5.41, 5.74) is 3.09. The van der Waals surface area contributed by atoms with Crippen molar-refractivity contribution in [1.29, 1.82) is 0 Å². The Balaban J connectivity index is 1.28. The van der Waals surface area contributed by atoms with Crippen LogP contribution in [0.2, 0.25) is 0 Å². The van der Waals surface area contributed by atoms with Crippen molar-refractivity contribution >= 4 is 0 Å². The Morgan fingerprint density at radius 3 is 3.05 bits per heavy atom. The van der Waals surface area contributed by atoms with Crippen molar-refractivity contribution in [3.05, 3.63) is 54.1 Å². The molecule has 1 atom stereocenters. The third kappa shape index (κ3) is 3.04. The Bertz CT molecular complexity index is 504. The first kappa shape index (κ1) is 12.4. The van der Waals surface area contributed by atoms with E-state index in [-0.39, 0.29) is 0 Å². The lowest BCUT2D eigenvalue weighted by molar-refractivity contribution is 0.511. The largest absolute Gasteiger partial charge is 0.337 e. The van der Waals surface area contributed by atoms with Gasteiger partial charge in [0.1, 0.15) is 0 Å². The Kier molecular flexibility index (Phi) is 3.94. The van der Waals surface area contributed by atoms with Crippen LogP contribution in [0.4, 0.5) is 0 Å². The molecule has 1 aromatic carbocycles. The number of nitrogens with one attached hydrogen (secondary N) is 1. The van der Waals surface area contributed by atoms with Crippen LogP contribution in [0.3, 0.4) is 0 Å². The smallest absolute Gasteiger partial charge is 0.0945 e. The molecule has 0 saturated carbocycles. The third-order valence-electron chi connectivity index (χ3n) is 3.93. The maximum atomic E-state index is 4.05. The lowest BCUT2D eigenvalue weighted by atomic mass is 9.77. The van der Waals surface area contributed by atoms with Crippen LogP contribution in [-0.2, 0) is 13.0 Å². The van der Waals surface area contributed by atoms with E-state index in [0.29, 0.717) is 0 Å². The number of hydrogen-bond donors (Lipinski definition) is 1. The highest BCUT2D eigenvalue weighted by atomic mass is 15.0. The van der Waals surface area contributed by atoms with Crippen molar-refractivity contribution in [1.82, 2.24) is 14.9 Å². The summed E-state index contributed by atoms with van der Waals surface area (Å²) < 4.78 is 2.14. The highest BCUT2D eigenvalue weighted by molar-refractivity contribution is 5.40. The van der Waals surface area contributed by atoms with Gasteiger partial charge in [-0.2, -0.15) is 0 Å². The van der Waals surface area contributed by atoms with Crippen molar-refractivity contribution in [2.24, 2.45) is 0 Å². The maximum Gasteiger partial charge on any atom is 0.0945 e. The van der Waals surface area contributed by atoms with Crippen molar-refractivity contribution < 1.29 is 0 Å². The molecule has 3 heteroatoms. The molecule has 0 radical (unpaired) electrons. The number of aromatic nitrogens is 2. The molecule has 1 aliphatic rings. The molecule has 3 rings (SSSR count). The number of fused-ring (bicyclic) bond motifs is 1. The summed E-state index contributed by atoms with van der Waals surface area (Å²) in [6.07, 6.45) is 9.44. The Labute approximate surface area is 114 Å². The SMILES string of the molecule is c1ccc2c(c1)CC2CNCCCCn1ccnc1. The topological polar surface area (TPSA) is 29.9 Å². The van der Waals surface area contributed by atoms with E-state index < -0.39 is 0 Å². The zero-order valence-electron chi connectivity index (χ0n) is 11.3. The minimum absolute atomic E-state index is 0.741. The van der Waals surface area contributed by atoms with E-state index in [4.69, 9.17) is 0 Å². The van der Waals surface area contributed by atoms with Gasteiger partial charge < -0.3 is 9.88 Å². The van der Waals surface area contributed by atoms with E-state index in [1.807, 2.05) is 18.7 Å². The Morgan fingerprint density at radius 2 is 2.21 bits per heavy atom. The molecule has 1 heterocycles. The third-order valence-corrected chi connectivity index (χ3v) is 3.93. The number of benzene rings is 1. The number of imidazole rings is 1. The maximum absolute atomic E-state index is 4.05. The van der Waals surface area contributed by atoms with Crippen LogP contribution in [0.15, 0.2) is 43.0 Å². The summed E-state index contributed by atoms with van der Waals surface area (Å²) in [5.74, 6) is 0.741. The molecule has 0 saturated heterocycles. The van der Waals surface area contributed by atoms with Crippen molar-refractivity contribution in [3.8, 4) is 0 Å². The Morgan fingerprint density at radius 1 is 1.26 bits per heavy atom. The van der Waals surface area contributed by atoms with E-state index in [2.05, 4.69) is 39.1 Å². The second-order valence-electron chi connectivity index (χ2n) is 5.31. The molecular formula is C16H21N3. The van der Waals surface area contributed by atoms with Gasteiger partial charge in [0.2, 0.25) is 0 Å². The number of nitrogens with zero attached hydrogens (tertiary/aromatic N) is 2. The molecular weight excluding hydrogens is 234 g/mol. The van der Waals surface area contributed by atoms with Gasteiger partial charge in [0.15, 0.2) is 0 Å². The monoisotopic (exact) mass is 255 g/mol. The van der Waals surface area contributed by atoms with Gasteiger partial charge in [0.25, 0.3) is 0 Å². The van der Waals surface area contributed by atoms with Crippen molar-refractivity contribution in [3.63, 3.8) is 0 Å². The van der Waals surface area contributed by atoms with Crippen LogP contribution in [0.25, 0.3) is 0 Å². The lowest BCUT2D eigenvalue weighted by Gasteiger charge is -2.30. The molecule has 0 bridgehead atoms. The second-order valence-corrected chi connectivity index (χ2v) is 5.31.